The van der Waals surface area contributed by atoms with Crippen molar-refractivity contribution in [2.75, 3.05) is 0 Å². The first-order valence-electron chi connectivity index (χ1n) is 7.03. The Morgan fingerprint density at radius 1 is 1.24 bits per heavy atom. The number of nitrogens with zero attached hydrogens (tertiary/aromatic N) is 1. The molecule has 1 heterocycles. The van der Waals surface area contributed by atoms with Gasteiger partial charge in [0.2, 0.25) is 5.91 Å². The first-order valence-corrected chi connectivity index (χ1v) is 7.03. The van der Waals surface area contributed by atoms with Crippen molar-refractivity contribution in [1.82, 2.24) is 9.88 Å². The van der Waals surface area contributed by atoms with Gasteiger partial charge in [-0.2, -0.15) is 0 Å². The summed E-state index contributed by atoms with van der Waals surface area (Å²) >= 11 is 0. The van der Waals surface area contributed by atoms with E-state index in [0.717, 1.165) is 10.9 Å². The number of nitrogens with one attached hydrogen (secondary N) is 1. The first kappa shape index (κ1) is 15.1. The number of hydrogen-bond acceptors (Lipinski definition) is 2. The molecule has 2 N–H and O–H groups in total. The van der Waals surface area contributed by atoms with Crippen molar-refractivity contribution in [3.8, 4) is 0 Å². The highest BCUT2D eigenvalue weighted by Crippen LogP contribution is 2.14. The predicted molar refractivity (Wildman–Crippen MR) is 81.0 cm³/mol. The van der Waals surface area contributed by atoms with Crippen LogP contribution in [0.2, 0.25) is 0 Å². The van der Waals surface area contributed by atoms with Gasteiger partial charge in [-0.25, -0.2) is 4.79 Å². The van der Waals surface area contributed by atoms with Crippen molar-refractivity contribution in [1.29, 1.82) is 0 Å². The van der Waals surface area contributed by atoms with Crippen LogP contribution in [0.3, 0.4) is 0 Å². The van der Waals surface area contributed by atoms with Crippen molar-refractivity contribution in [2.45, 2.75) is 32.9 Å². The summed E-state index contributed by atoms with van der Waals surface area (Å²) in [6, 6.07) is 8.87. The van der Waals surface area contributed by atoms with Crippen LogP contribution in [-0.4, -0.2) is 27.6 Å². The van der Waals surface area contributed by atoms with E-state index in [9.17, 15) is 9.59 Å². The average molecular weight is 288 g/mol. The summed E-state index contributed by atoms with van der Waals surface area (Å²) < 4.78 is 1.82. The lowest BCUT2D eigenvalue weighted by Crippen LogP contribution is -2.43. The van der Waals surface area contributed by atoms with E-state index in [1.807, 2.05) is 54.9 Å². The fourth-order valence-corrected chi connectivity index (χ4v) is 2.37. The number of amides is 1. The first-order chi connectivity index (χ1) is 9.97. The third kappa shape index (κ3) is 3.84. The largest absolute Gasteiger partial charge is 0.480 e. The molecule has 0 fully saturated rings. The summed E-state index contributed by atoms with van der Waals surface area (Å²) in [5, 5.41) is 12.8. The van der Waals surface area contributed by atoms with E-state index < -0.39 is 12.0 Å². The summed E-state index contributed by atoms with van der Waals surface area (Å²) in [5.41, 5.74) is 0.961. The molecule has 0 aliphatic heterocycles. The van der Waals surface area contributed by atoms with E-state index in [4.69, 9.17) is 5.11 Å². The molecule has 0 saturated carbocycles. The number of carbonyl (C=O) groups excluding carboxylic acids is 1. The number of carboxylic acids is 1. The van der Waals surface area contributed by atoms with E-state index in [-0.39, 0.29) is 18.4 Å². The topological polar surface area (TPSA) is 71.3 Å². The highest BCUT2D eigenvalue weighted by Gasteiger charge is 2.21. The standard InChI is InChI=1S/C16H20N2O3/c1-11(2)9-13(16(20)21)17-15(19)10-18-8-7-12-5-3-4-6-14(12)18/h3-8,11,13H,9-10H2,1-2H3,(H,17,19)(H,20,21)/t13-/m0/s1. The average Bonchev–Trinajstić information content (AvgIpc) is 2.81. The number of para-hydroxylation sites is 1. The van der Waals surface area contributed by atoms with Gasteiger partial charge in [0.25, 0.3) is 0 Å². The predicted octanol–water partition coefficient (Wildman–Crippen LogP) is 2.26. The lowest BCUT2D eigenvalue weighted by Gasteiger charge is -2.16. The third-order valence-corrected chi connectivity index (χ3v) is 3.33. The van der Waals surface area contributed by atoms with Gasteiger partial charge in [-0.05, 0) is 29.9 Å². The zero-order valence-electron chi connectivity index (χ0n) is 12.2. The molecule has 0 unspecified atom stereocenters. The molecule has 0 aliphatic rings. The monoisotopic (exact) mass is 288 g/mol. The van der Waals surface area contributed by atoms with E-state index in [1.54, 1.807) is 0 Å². The van der Waals surface area contributed by atoms with Crippen LogP contribution in [0.15, 0.2) is 36.5 Å². The quantitative estimate of drug-likeness (QED) is 0.856. The molecule has 0 bridgehead atoms. The number of aliphatic carboxylic acids is 1. The summed E-state index contributed by atoms with van der Waals surface area (Å²) in [6.45, 7) is 3.98. The van der Waals surface area contributed by atoms with Crippen LogP contribution in [0.5, 0.6) is 0 Å². The maximum atomic E-state index is 12.1. The summed E-state index contributed by atoms with van der Waals surface area (Å²) in [7, 11) is 0. The molecular weight excluding hydrogens is 268 g/mol. The Hall–Kier alpha value is -2.30. The molecule has 0 saturated heterocycles. The molecule has 5 nitrogen and oxygen atoms in total. The van der Waals surface area contributed by atoms with Crippen LogP contribution in [0.4, 0.5) is 0 Å². The van der Waals surface area contributed by atoms with Gasteiger partial charge in [-0.1, -0.05) is 32.0 Å². The maximum absolute atomic E-state index is 12.1. The van der Waals surface area contributed by atoms with E-state index in [2.05, 4.69) is 5.32 Å². The second-order valence-corrected chi connectivity index (χ2v) is 5.59. The molecule has 2 rings (SSSR count). The molecule has 5 heteroatoms. The van der Waals surface area contributed by atoms with Crippen molar-refractivity contribution in [3.63, 3.8) is 0 Å². The summed E-state index contributed by atoms with van der Waals surface area (Å²) in [4.78, 5) is 23.2. The molecule has 2 aromatic rings. The summed E-state index contributed by atoms with van der Waals surface area (Å²) in [5.74, 6) is -1.07. The number of fused-ring (bicyclic) bond motifs is 1. The van der Waals surface area contributed by atoms with Crippen molar-refractivity contribution >= 4 is 22.8 Å². The van der Waals surface area contributed by atoms with E-state index in [1.165, 1.54) is 0 Å². The number of hydrogen-bond donors (Lipinski definition) is 2. The van der Waals surface area contributed by atoms with E-state index in [0.29, 0.717) is 6.42 Å². The van der Waals surface area contributed by atoms with Crippen molar-refractivity contribution < 1.29 is 14.7 Å². The molecule has 0 aliphatic carbocycles. The highest BCUT2D eigenvalue weighted by atomic mass is 16.4. The Labute approximate surface area is 123 Å². The molecule has 1 aromatic heterocycles. The van der Waals surface area contributed by atoms with Crippen LogP contribution in [0.1, 0.15) is 20.3 Å². The number of aromatic nitrogens is 1. The number of benzene rings is 1. The molecule has 1 atom stereocenters. The van der Waals surface area contributed by atoms with Crippen LogP contribution < -0.4 is 5.32 Å². The third-order valence-electron chi connectivity index (χ3n) is 3.33. The fraction of sp³-hybridized carbons (Fsp3) is 0.375. The number of rotatable bonds is 6. The minimum atomic E-state index is -0.991. The van der Waals surface area contributed by atoms with Crippen LogP contribution in [0, 0.1) is 5.92 Å². The van der Waals surface area contributed by atoms with Crippen LogP contribution in [0.25, 0.3) is 10.9 Å². The van der Waals surface area contributed by atoms with Gasteiger partial charge in [0.15, 0.2) is 0 Å². The minimum absolute atomic E-state index is 0.120. The fourth-order valence-electron chi connectivity index (χ4n) is 2.37. The van der Waals surface area contributed by atoms with E-state index >= 15 is 0 Å². The second kappa shape index (κ2) is 6.43. The normalized spacial score (nSPS) is 12.5. The molecule has 0 spiro atoms. The Bertz CT molecular complexity index is 646. The minimum Gasteiger partial charge on any atom is -0.480 e. The molecular formula is C16H20N2O3. The van der Waals surface area contributed by atoms with Crippen molar-refractivity contribution in [3.05, 3.63) is 36.5 Å². The van der Waals surface area contributed by atoms with Gasteiger partial charge >= 0.3 is 5.97 Å². The Morgan fingerprint density at radius 3 is 2.62 bits per heavy atom. The molecule has 21 heavy (non-hydrogen) atoms. The molecule has 0 radical (unpaired) electrons. The zero-order valence-corrected chi connectivity index (χ0v) is 12.2. The van der Waals surface area contributed by atoms with Gasteiger partial charge in [0.05, 0.1) is 0 Å². The Kier molecular flexibility index (Phi) is 4.62. The SMILES string of the molecule is CC(C)C[C@H](NC(=O)Cn1ccc2ccccc21)C(=O)O. The van der Waals surface area contributed by atoms with Gasteiger partial charge in [0, 0.05) is 11.7 Å². The maximum Gasteiger partial charge on any atom is 0.326 e. The van der Waals surface area contributed by atoms with Gasteiger partial charge < -0.3 is 15.0 Å². The highest BCUT2D eigenvalue weighted by molar-refractivity contribution is 5.86. The van der Waals surface area contributed by atoms with Gasteiger partial charge in [-0.15, -0.1) is 0 Å². The number of carboxylic acid groups (broad SMARTS) is 1. The smallest absolute Gasteiger partial charge is 0.326 e. The molecule has 1 aromatic carbocycles. The van der Waals surface area contributed by atoms with Gasteiger partial charge in [0.1, 0.15) is 12.6 Å². The molecule has 1 amide bonds. The zero-order chi connectivity index (χ0) is 15.4. The molecule has 112 valence electrons. The van der Waals surface area contributed by atoms with Gasteiger partial charge in [-0.3, -0.25) is 4.79 Å². The Morgan fingerprint density at radius 2 is 1.95 bits per heavy atom. The Balaban J connectivity index is 2.05. The van der Waals surface area contributed by atoms with Crippen molar-refractivity contribution in [2.24, 2.45) is 5.92 Å². The van der Waals surface area contributed by atoms with Crippen LogP contribution in [-0.2, 0) is 16.1 Å². The lowest BCUT2D eigenvalue weighted by atomic mass is 10.0. The lowest BCUT2D eigenvalue weighted by molar-refractivity contribution is -0.142. The second-order valence-electron chi connectivity index (χ2n) is 5.59. The number of carbonyl (C=O) groups is 2. The van der Waals surface area contributed by atoms with Crippen LogP contribution >= 0.6 is 0 Å². The summed E-state index contributed by atoms with van der Waals surface area (Å²) in [6.07, 6.45) is 2.26.